The largest absolute Gasteiger partial charge is 0.381 e. The van der Waals surface area contributed by atoms with Crippen molar-refractivity contribution in [3.63, 3.8) is 0 Å². The lowest BCUT2D eigenvalue weighted by atomic mass is 9.85. The quantitative estimate of drug-likeness (QED) is 0.612. The van der Waals surface area contributed by atoms with Gasteiger partial charge in [-0.2, -0.15) is 0 Å². The van der Waals surface area contributed by atoms with Gasteiger partial charge in [-0.15, -0.1) is 6.58 Å². The van der Waals surface area contributed by atoms with Crippen molar-refractivity contribution in [2.75, 3.05) is 26.3 Å². The standard InChI is InChI=1S/C10H20N2O/c1-3-5-12-10(2,8-11)9-4-6-13-7-9/h3,9,12H,1,4-8,11H2,2H3. The number of rotatable bonds is 5. The molecule has 2 atom stereocenters. The van der Waals surface area contributed by atoms with E-state index in [0.717, 1.165) is 26.2 Å². The number of hydrogen-bond acceptors (Lipinski definition) is 3. The summed E-state index contributed by atoms with van der Waals surface area (Å²) in [6.45, 7) is 9.01. The van der Waals surface area contributed by atoms with Gasteiger partial charge in [0.1, 0.15) is 0 Å². The van der Waals surface area contributed by atoms with Crippen LogP contribution in [-0.4, -0.2) is 31.8 Å². The molecule has 3 nitrogen and oxygen atoms in total. The third kappa shape index (κ3) is 2.53. The first-order valence-corrected chi connectivity index (χ1v) is 4.86. The van der Waals surface area contributed by atoms with Crippen LogP contribution < -0.4 is 11.1 Å². The summed E-state index contributed by atoms with van der Waals surface area (Å²) in [6, 6.07) is 0. The lowest BCUT2D eigenvalue weighted by molar-refractivity contribution is 0.157. The molecule has 1 rings (SSSR count). The van der Waals surface area contributed by atoms with Crippen molar-refractivity contribution in [2.45, 2.75) is 18.9 Å². The smallest absolute Gasteiger partial charge is 0.0513 e. The summed E-state index contributed by atoms with van der Waals surface area (Å²) < 4.78 is 5.36. The van der Waals surface area contributed by atoms with E-state index in [1.54, 1.807) is 0 Å². The average Bonchev–Trinajstić information content (AvgIpc) is 2.67. The molecular formula is C10H20N2O. The molecule has 0 aromatic carbocycles. The fourth-order valence-corrected chi connectivity index (χ4v) is 1.73. The molecule has 1 saturated heterocycles. The van der Waals surface area contributed by atoms with Crippen molar-refractivity contribution in [3.05, 3.63) is 12.7 Å². The van der Waals surface area contributed by atoms with Crippen LogP contribution in [0.1, 0.15) is 13.3 Å². The van der Waals surface area contributed by atoms with Gasteiger partial charge in [0.15, 0.2) is 0 Å². The van der Waals surface area contributed by atoms with Gasteiger partial charge in [-0.3, -0.25) is 0 Å². The second-order valence-electron chi connectivity index (χ2n) is 3.85. The molecule has 3 heteroatoms. The molecule has 0 aromatic rings. The molecular weight excluding hydrogens is 164 g/mol. The molecule has 1 fully saturated rings. The van der Waals surface area contributed by atoms with Gasteiger partial charge in [0, 0.05) is 31.2 Å². The molecule has 1 aliphatic heterocycles. The Hall–Kier alpha value is -0.380. The van der Waals surface area contributed by atoms with Crippen LogP contribution in [0.5, 0.6) is 0 Å². The van der Waals surface area contributed by atoms with Crippen LogP contribution >= 0.6 is 0 Å². The summed E-state index contributed by atoms with van der Waals surface area (Å²) in [6.07, 6.45) is 2.97. The molecule has 0 saturated carbocycles. The summed E-state index contributed by atoms with van der Waals surface area (Å²) in [5.74, 6) is 0.539. The number of hydrogen-bond donors (Lipinski definition) is 2. The molecule has 0 aromatic heterocycles. The highest BCUT2D eigenvalue weighted by Crippen LogP contribution is 2.24. The summed E-state index contributed by atoms with van der Waals surface area (Å²) in [5, 5.41) is 3.41. The zero-order chi connectivity index (χ0) is 9.73. The topological polar surface area (TPSA) is 47.3 Å². The zero-order valence-corrected chi connectivity index (χ0v) is 8.38. The molecule has 0 spiro atoms. The van der Waals surface area contributed by atoms with Crippen molar-refractivity contribution in [3.8, 4) is 0 Å². The first-order chi connectivity index (χ1) is 6.23. The highest BCUT2D eigenvalue weighted by Gasteiger charge is 2.34. The highest BCUT2D eigenvalue weighted by atomic mass is 16.5. The van der Waals surface area contributed by atoms with Crippen molar-refractivity contribution in [1.82, 2.24) is 5.32 Å². The Kier molecular flexibility index (Phi) is 3.90. The SMILES string of the molecule is C=CCNC(C)(CN)C1CCOC1. The van der Waals surface area contributed by atoms with E-state index in [2.05, 4.69) is 18.8 Å². The van der Waals surface area contributed by atoms with E-state index in [1.165, 1.54) is 0 Å². The van der Waals surface area contributed by atoms with Crippen LogP contribution in [0.3, 0.4) is 0 Å². The predicted molar refractivity (Wildman–Crippen MR) is 54.6 cm³/mol. The molecule has 0 amide bonds. The van der Waals surface area contributed by atoms with E-state index >= 15 is 0 Å². The summed E-state index contributed by atoms with van der Waals surface area (Å²) in [5.41, 5.74) is 5.78. The van der Waals surface area contributed by atoms with Gasteiger partial charge < -0.3 is 15.8 Å². The van der Waals surface area contributed by atoms with E-state index in [9.17, 15) is 0 Å². The normalized spacial score (nSPS) is 27.1. The predicted octanol–water partition coefficient (Wildman–Crippen LogP) is 0.516. The second-order valence-corrected chi connectivity index (χ2v) is 3.85. The number of ether oxygens (including phenoxy) is 1. The van der Waals surface area contributed by atoms with Crippen LogP contribution in [-0.2, 0) is 4.74 Å². The van der Waals surface area contributed by atoms with Gasteiger partial charge >= 0.3 is 0 Å². The van der Waals surface area contributed by atoms with Gasteiger partial charge in [0.05, 0.1) is 6.61 Å². The fourth-order valence-electron chi connectivity index (χ4n) is 1.73. The Balaban J connectivity index is 2.50. The molecule has 2 unspecified atom stereocenters. The highest BCUT2D eigenvalue weighted by molar-refractivity contribution is 4.94. The minimum atomic E-state index is 0.00465. The molecule has 3 N–H and O–H groups in total. The molecule has 0 aliphatic carbocycles. The van der Waals surface area contributed by atoms with Crippen LogP contribution in [0.4, 0.5) is 0 Å². The van der Waals surface area contributed by atoms with Gasteiger partial charge in [-0.25, -0.2) is 0 Å². The Morgan fingerprint density at radius 1 is 1.77 bits per heavy atom. The monoisotopic (exact) mass is 184 g/mol. The van der Waals surface area contributed by atoms with E-state index < -0.39 is 0 Å². The summed E-state index contributed by atoms with van der Waals surface area (Å²) in [4.78, 5) is 0. The van der Waals surface area contributed by atoms with Gasteiger partial charge in [-0.05, 0) is 13.3 Å². The van der Waals surface area contributed by atoms with Crippen LogP contribution in [0.25, 0.3) is 0 Å². The first kappa shape index (κ1) is 10.7. The van der Waals surface area contributed by atoms with Gasteiger partial charge in [-0.1, -0.05) is 6.08 Å². The maximum atomic E-state index is 5.78. The average molecular weight is 184 g/mol. The van der Waals surface area contributed by atoms with Crippen molar-refractivity contribution in [1.29, 1.82) is 0 Å². The molecule has 0 bridgehead atoms. The van der Waals surface area contributed by atoms with Crippen LogP contribution in [0, 0.1) is 5.92 Å². The van der Waals surface area contributed by atoms with Crippen molar-refractivity contribution >= 4 is 0 Å². The minimum Gasteiger partial charge on any atom is -0.381 e. The Morgan fingerprint density at radius 2 is 2.54 bits per heavy atom. The first-order valence-electron chi connectivity index (χ1n) is 4.86. The summed E-state index contributed by atoms with van der Waals surface area (Å²) in [7, 11) is 0. The third-order valence-electron chi connectivity index (χ3n) is 2.91. The lowest BCUT2D eigenvalue weighted by Gasteiger charge is -2.34. The fraction of sp³-hybridized carbons (Fsp3) is 0.800. The summed E-state index contributed by atoms with van der Waals surface area (Å²) >= 11 is 0. The zero-order valence-electron chi connectivity index (χ0n) is 8.38. The second kappa shape index (κ2) is 4.74. The van der Waals surface area contributed by atoms with E-state index in [-0.39, 0.29) is 5.54 Å². The molecule has 1 heterocycles. The number of nitrogens with one attached hydrogen (secondary N) is 1. The Bertz CT molecular complexity index is 166. The number of nitrogens with two attached hydrogens (primary N) is 1. The molecule has 1 aliphatic rings. The minimum absolute atomic E-state index is 0.00465. The van der Waals surface area contributed by atoms with E-state index in [1.807, 2.05) is 6.08 Å². The lowest BCUT2D eigenvalue weighted by Crippen LogP contribution is -2.54. The van der Waals surface area contributed by atoms with Crippen LogP contribution in [0.2, 0.25) is 0 Å². The third-order valence-corrected chi connectivity index (χ3v) is 2.91. The van der Waals surface area contributed by atoms with E-state index in [0.29, 0.717) is 12.5 Å². The van der Waals surface area contributed by atoms with Crippen LogP contribution in [0.15, 0.2) is 12.7 Å². The van der Waals surface area contributed by atoms with E-state index in [4.69, 9.17) is 10.5 Å². The molecule has 76 valence electrons. The Morgan fingerprint density at radius 3 is 3.00 bits per heavy atom. The van der Waals surface area contributed by atoms with Gasteiger partial charge in [0.25, 0.3) is 0 Å². The molecule has 0 radical (unpaired) electrons. The maximum Gasteiger partial charge on any atom is 0.0513 e. The van der Waals surface area contributed by atoms with Gasteiger partial charge in [0.2, 0.25) is 0 Å². The molecule has 13 heavy (non-hydrogen) atoms. The maximum absolute atomic E-state index is 5.78. The van der Waals surface area contributed by atoms with Crippen molar-refractivity contribution in [2.24, 2.45) is 11.7 Å². The van der Waals surface area contributed by atoms with Crippen molar-refractivity contribution < 1.29 is 4.74 Å². The Labute approximate surface area is 80.3 Å².